The van der Waals surface area contributed by atoms with Crippen LogP contribution in [-0.2, 0) is 34.3 Å². The normalized spacial score (nSPS) is 12.2. The Morgan fingerprint density at radius 3 is 2.50 bits per heavy atom. The molecule has 0 fully saturated rings. The average molecular weight is 342 g/mol. The molecule has 6 heteroatoms. The second-order valence-corrected chi connectivity index (χ2v) is 6.78. The lowest BCUT2D eigenvalue weighted by Crippen LogP contribution is -1.99. The lowest BCUT2D eigenvalue weighted by Gasteiger charge is -2.02. The van der Waals surface area contributed by atoms with Gasteiger partial charge >= 0.3 is 0 Å². The molecule has 5 nitrogen and oxygen atoms in total. The highest BCUT2D eigenvalue weighted by Crippen LogP contribution is 2.14. The first-order chi connectivity index (χ1) is 11.7. The van der Waals surface area contributed by atoms with Crippen molar-refractivity contribution in [1.82, 2.24) is 10.1 Å². The summed E-state index contributed by atoms with van der Waals surface area (Å²) in [7, 11) is 0.443. The first kappa shape index (κ1) is 16.5. The fourth-order valence-electron chi connectivity index (χ4n) is 2.30. The van der Waals surface area contributed by atoms with E-state index in [2.05, 4.69) is 10.1 Å². The average Bonchev–Trinajstić information content (AvgIpc) is 3.03. The lowest BCUT2D eigenvalue weighted by atomic mass is 10.1. The minimum atomic E-state index is -1.21. The summed E-state index contributed by atoms with van der Waals surface area (Å²) in [6.07, 6.45) is 0.576. The number of methoxy groups -OCH3 is 1. The summed E-state index contributed by atoms with van der Waals surface area (Å²) >= 11 is 0. The quantitative estimate of drug-likeness (QED) is 0.660. The topological polar surface area (TPSA) is 65.2 Å². The van der Waals surface area contributed by atoms with Gasteiger partial charge in [-0.3, -0.25) is 4.21 Å². The van der Waals surface area contributed by atoms with Crippen LogP contribution in [0.2, 0.25) is 0 Å². The highest BCUT2D eigenvalue weighted by Gasteiger charge is 2.12. The van der Waals surface area contributed by atoms with E-state index in [0.717, 1.165) is 16.0 Å². The van der Waals surface area contributed by atoms with E-state index >= 15 is 0 Å². The minimum Gasteiger partial charge on any atom is -0.380 e. The van der Waals surface area contributed by atoms with Gasteiger partial charge in [-0.2, -0.15) is 4.98 Å². The maximum absolute atomic E-state index is 12.4. The Morgan fingerprint density at radius 1 is 1.04 bits per heavy atom. The zero-order valence-corrected chi connectivity index (χ0v) is 14.2. The van der Waals surface area contributed by atoms with Crippen LogP contribution in [0.25, 0.3) is 0 Å². The monoisotopic (exact) mass is 342 g/mol. The van der Waals surface area contributed by atoms with Gasteiger partial charge in [-0.25, -0.2) is 0 Å². The van der Waals surface area contributed by atoms with Crippen molar-refractivity contribution in [2.24, 2.45) is 0 Å². The Morgan fingerprint density at radius 2 is 1.79 bits per heavy atom. The predicted molar refractivity (Wildman–Crippen MR) is 90.8 cm³/mol. The number of rotatable bonds is 7. The van der Waals surface area contributed by atoms with Crippen LogP contribution >= 0.6 is 0 Å². The van der Waals surface area contributed by atoms with Crippen LogP contribution in [0.3, 0.4) is 0 Å². The van der Waals surface area contributed by atoms with Crippen LogP contribution in [0.1, 0.15) is 22.8 Å². The van der Waals surface area contributed by atoms with Gasteiger partial charge in [0.15, 0.2) is 5.82 Å². The third kappa shape index (κ3) is 4.37. The zero-order chi connectivity index (χ0) is 16.8. The molecular formula is C18H18N2O3S. The van der Waals surface area contributed by atoms with Crippen molar-refractivity contribution in [3.05, 3.63) is 77.4 Å². The van der Waals surface area contributed by atoms with Crippen molar-refractivity contribution < 1.29 is 13.5 Å². The minimum absolute atomic E-state index is 0.238. The SMILES string of the molecule is COCc1ccc(S(=O)Cc2noc(Cc3ccccc3)n2)cc1. The van der Waals surface area contributed by atoms with Gasteiger partial charge in [0.1, 0.15) is 0 Å². The standard InChI is InChI=1S/C18H18N2O3S/c1-22-12-15-7-9-16(10-8-15)24(21)13-17-19-18(23-20-17)11-14-5-3-2-4-6-14/h2-10H,11-13H2,1H3. The second-order valence-electron chi connectivity index (χ2n) is 5.33. The molecule has 0 N–H and O–H groups in total. The summed E-state index contributed by atoms with van der Waals surface area (Å²) in [5.41, 5.74) is 2.14. The summed E-state index contributed by atoms with van der Waals surface area (Å²) in [6, 6.07) is 17.4. The molecule has 1 atom stereocenters. The summed E-state index contributed by atoms with van der Waals surface area (Å²) in [5.74, 6) is 1.23. The summed E-state index contributed by atoms with van der Waals surface area (Å²) in [4.78, 5) is 5.07. The molecule has 3 rings (SSSR count). The molecule has 0 saturated heterocycles. The number of ether oxygens (including phenoxy) is 1. The molecule has 3 aromatic rings. The molecule has 0 spiro atoms. The predicted octanol–water partition coefficient (Wildman–Crippen LogP) is 3.11. The number of hydrogen-bond donors (Lipinski definition) is 0. The molecule has 2 aromatic carbocycles. The molecule has 0 aliphatic rings. The molecule has 124 valence electrons. The molecule has 1 heterocycles. The highest BCUT2D eigenvalue weighted by molar-refractivity contribution is 7.84. The molecular weight excluding hydrogens is 324 g/mol. The summed E-state index contributed by atoms with van der Waals surface area (Å²) in [5, 5.41) is 3.93. The number of nitrogens with zero attached hydrogens (tertiary/aromatic N) is 2. The third-order valence-electron chi connectivity index (χ3n) is 3.47. The van der Waals surface area contributed by atoms with Crippen molar-refractivity contribution in [1.29, 1.82) is 0 Å². The van der Waals surface area contributed by atoms with Crippen LogP contribution in [-0.4, -0.2) is 21.5 Å². The van der Waals surface area contributed by atoms with Gasteiger partial charge in [0.05, 0.1) is 29.6 Å². The smallest absolute Gasteiger partial charge is 0.231 e. The first-order valence-electron chi connectivity index (χ1n) is 7.56. The summed E-state index contributed by atoms with van der Waals surface area (Å²) in [6.45, 7) is 0.542. The molecule has 0 amide bonds. The first-order valence-corrected chi connectivity index (χ1v) is 8.88. The van der Waals surface area contributed by atoms with E-state index in [-0.39, 0.29) is 5.75 Å². The van der Waals surface area contributed by atoms with Gasteiger partial charge in [-0.1, -0.05) is 47.6 Å². The van der Waals surface area contributed by atoms with Crippen molar-refractivity contribution in [3.8, 4) is 0 Å². The summed E-state index contributed by atoms with van der Waals surface area (Å²) < 4.78 is 22.7. The molecule has 1 aromatic heterocycles. The molecule has 1 unspecified atom stereocenters. The van der Waals surface area contributed by atoms with Gasteiger partial charge in [0.2, 0.25) is 5.89 Å². The van der Waals surface area contributed by atoms with E-state index in [1.165, 1.54) is 0 Å². The van der Waals surface area contributed by atoms with Gasteiger partial charge in [0, 0.05) is 12.0 Å². The van der Waals surface area contributed by atoms with Crippen molar-refractivity contribution in [3.63, 3.8) is 0 Å². The van der Waals surface area contributed by atoms with Gasteiger partial charge < -0.3 is 9.26 Å². The Kier molecular flexibility index (Phi) is 5.51. The van der Waals surface area contributed by atoms with E-state index in [0.29, 0.717) is 24.7 Å². The molecule has 0 aliphatic carbocycles. The molecule has 0 radical (unpaired) electrons. The van der Waals surface area contributed by atoms with Crippen molar-refractivity contribution >= 4 is 10.8 Å². The largest absolute Gasteiger partial charge is 0.380 e. The van der Waals surface area contributed by atoms with Crippen molar-refractivity contribution in [2.75, 3.05) is 7.11 Å². The van der Waals surface area contributed by atoms with E-state index < -0.39 is 10.8 Å². The molecule has 0 bridgehead atoms. The van der Waals surface area contributed by atoms with Crippen molar-refractivity contribution in [2.45, 2.75) is 23.7 Å². The van der Waals surface area contributed by atoms with Crippen LogP contribution in [0.4, 0.5) is 0 Å². The number of aromatic nitrogens is 2. The fraction of sp³-hybridized carbons (Fsp3) is 0.222. The van der Waals surface area contributed by atoms with Gasteiger partial charge in [-0.05, 0) is 23.3 Å². The van der Waals surface area contributed by atoms with E-state index in [4.69, 9.17) is 9.26 Å². The van der Waals surface area contributed by atoms with Gasteiger partial charge in [0.25, 0.3) is 0 Å². The number of hydrogen-bond acceptors (Lipinski definition) is 5. The lowest BCUT2D eigenvalue weighted by molar-refractivity contribution is 0.185. The fourth-order valence-corrected chi connectivity index (χ4v) is 3.25. The molecule has 0 saturated carbocycles. The highest BCUT2D eigenvalue weighted by atomic mass is 32.2. The van der Waals surface area contributed by atoms with E-state index in [1.54, 1.807) is 7.11 Å². The Bertz CT molecular complexity index is 801. The second kappa shape index (κ2) is 7.99. The third-order valence-corrected chi connectivity index (χ3v) is 4.78. The maximum Gasteiger partial charge on any atom is 0.231 e. The Labute approximate surface area is 143 Å². The Hall–Kier alpha value is -2.31. The number of benzene rings is 2. The molecule has 0 aliphatic heterocycles. The maximum atomic E-state index is 12.4. The van der Waals surface area contributed by atoms with Crippen LogP contribution in [0.5, 0.6) is 0 Å². The van der Waals surface area contributed by atoms with Gasteiger partial charge in [-0.15, -0.1) is 0 Å². The van der Waals surface area contributed by atoms with Crippen LogP contribution < -0.4 is 0 Å². The van der Waals surface area contributed by atoms with Crippen LogP contribution in [0, 0.1) is 0 Å². The van der Waals surface area contributed by atoms with Crippen LogP contribution in [0.15, 0.2) is 64.0 Å². The molecule has 24 heavy (non-hydrogen) atoms. The zero-order valence-electron chi connectivity index (χ0n) is 13.3. The Balaban J connectivity index is 1.62. The van der Waals surface area contributed by atoms with E-state index in [1.807, 2.05) is 54.6 Å². The van der Waals surface area contributed by atoms with E-state index in [9.17, 15) is 4.21 Å².